The summed E-state index contributed by atoms with van der Waals surface area (Å²) in [6.45, 7) is 5.34. The fourth-order valence-corrected chi connectivity index (χ4v) is 3.83. The molecule has 1 unspecified atom stereocenters. The Hall–Kier alpha value is -1.80. The molecule has 0 saturated carbocycles. The maximum absolute atomic E-state index is 3.55. The van der Waals surface area contributed by atoms with Gasteiger partial charge in [-0.2, -0.15) is 0 Å². The van der Waals surface area contributed by atoms with Crippen LogP contribution in [0.15, 0.2) is 42.5 Å². The molecule has 0 saturated heterocycles. The minimum Gasteiger partial charge on any atom is -0.363 e. The van der Waals surface area contributed by atoms with Gasteiger partial charge in [-0.15, -0.1) is 0 Å². The van der Waals surface area contributed by atoms with E-state index in [0.29, 0.717) is 6.04 Å². The van der Waals surface area contributed by atoms with Gasteiger partial charge in [0.2, 0.25) is 0 Å². The van der Waals surface area contributed by atoms with Crippen molar-refractivity contribution in [2.24, 2.45) is 0 Å². The maximum Gasteiger partial charge on any atom is 0.0549 e. The van der Waals surface area contributed by atoms with Crippen molar-refractivity contribution in [2.45, 2.75) is 32.4 Å². The third kappa shape index (κ3) is 2.24. The van der Waals surface area contributed by atoms with Crippen molar-refractivity contribution < 1.29 is 0 Å². The molecule has 1 aliphatic heterocycles. The van der Waals surface area contributed by atoms with Gasteiger partial charge in [-0.1, -0.05) is 42.0 Å². The molecule has 0 fully saturated rings. The van der Waals surface area contributed by atoms with Crippen LogP contribution < -0.4 is 10.2 Å². The highest BCUT2D eigenvalue weighted by atomic mass is 15.2. The molecule has 4 rings (SSSR count). The number of hydrogen-bond acceptors (Lipinski definition) is 2. The molecule has 2 aliphatic rings. The zero-order valence-corrected chi connectivity index (χ0v) is 12.6. The number of aryl methyl sites for hydroxylation is 2. The average molecular weight is 278 g/mol. The second kappa shape index (κ2) is 5.19. The summed E-state index contributed by atoms with van der Waals surface area (Å²) < 4.78 is 0. The molecule has 0 amide bonds. The minimum atomic E-state index is 0.543. The summed E-state index contributed by atoms with van der Waals surface area (Å²) in [6, 6.07) is 16.4. The fourth-order valence-electron chi connectivity index (χ4n) is 3.83. The summed E-state index contributed by atoms with van der Waals surface area (Å²) in [5.74, 6) is 0. The van der Waals surface area contributed by atoms with Crippen LogP contribution in [-0.4, -0.2) is 13.1 Å². The first kappa shape index (κ1) is 12.9. The largest absolute Gasteiger partial charge is 0.363 e. The first-order valence-electron chi connectivity index (χ1n) is 7.97. The molecule has 0 aromatic heterocycles. The second-order valence-corrected chi connectivity index (χ2v) is 6.26. The van der Waals surface area contributed by atoms with Crippen LogP contribution in [0.1, 0.15) is 34.7 Å². The van der Waals surface area contributed by atoms with Crippen LogP contribution >= 0.6 is 0 Å². The predicted molar refractivity (Wildman–Crippen MR) is 87.7 cm³/mol. The Bertz CT molecular complexity index is 662. The summed E-state index contributed by atoms with van der Waals surface area (Å²) in [6.07, 6.45) is 2.46. The second-order valence-electron chi connectivity index (χ2n) is 6.26. The van der Waals surface area contributed by atoms with Crippen LogP contribution in [0.2, 0.25) is 0 Å². The van der Waals surface area contributed by atoms with Gasteiger partial charge in [0.1, 0.15) is 0 Å². The molecule has 1 heterocycles. The van der Waals surface area contributed by atoms with Gasteiger partial charge in [0.25, 0.3) is 0 Å². The van der Waals surface area contributed by atoms with Crippen LogP contribution in [0.25, 0.3) is 0 Å². The molecule has 2 aromatic rings. The molecule has 0 bridgehead atoms. The molecule has 2 nitrogen and oxygen atoms in total. The number of nitrogens with zero attached hydrogens (tertiary/aromatic N) is 1. The molecule has 1 N–H and O–H groups in total. The average Bonchev–Trinajstić information content (AvgIpc) is 2.79. The van der Waals surface area contributed by atoms with Gasteiger partial charge in [-0.25, -0.2) is 0 Å². The monoisotopic (exact) mass is 278 g/mol. The Balaban J connectivity index is 1.77. The Morgan fingerprint density at radius 2 is 2.00 bits per heavy atom. The third-order valence-electron chi connectivity index (χ3n) is 4.87. The van der Waals surface area contributed by atoms with Gasteiger partial charge in [0.15, 0.2) is 0 Å². The molecular formula is C19H22N2. The normalized spacial score (nSPS) is 20.8. The molecular weight excluding hydrogens is 256 g/mol. The highest BCUT2D eigenvalue weighted by Crippen LogP contribution is 2.40. The Morgan fingerprint density at radius 3 is 2.95 bits per heavy atom. The van der Waals surface area contributed by atoms with E-state index in [9.17, 15) is 0 Å². The number of fused-ring (bicyclic) bond motifs is 2. The van der Waals surface area contributed by atoms with Gasteiger partial charge in [0, 0.05) is 25.3 Å². The molecule has 1 aliphatic carbocycles. The maximum atomic E-state index is 3.55. The van der Waals surface area contributed by atoms with Crippen molar-refractivity contribution in [2.75, 3.05) is 18.0 Å². The van der Waals surface area contributed by atoms with Crippen molar-refractivity contribution in [1.82, 2.24) is 5.32 Å². The lowest BCUT2D eigenvalue weighted by Gasteiger charge is -2.32. The molecule has 2 aromatic carbocycles. The first-order chi connectivity index (χ1) is 10.3. The van der Waals surface area contributed by atoms with E-state index in [1.165, 1.54) is 29.7 Å². The van der Waals surface area contributed by atoms with E-state index in [2.05, 4.69) is 59.6 Å². The summed E-state index contributed by atoms with van der Waals surface area (Å²) in [7, 11) is 0. The van der Waals surface area contributed by atoms with Crippen molar-refractivity contribution in [3.8, 4) is 0 Å². The quantitative estimate of drug-likeness (QED) is 0.857. The lowest BCUT2D eigenvalue weighted by molar-refractivity contribution is 0.600. The van der Waals surface area contributed by atoms with Gasteiger partial charge in [-0.05, 0) is 42.5 Å². The molecule has 108 valence electrons. The molecule has 0 radical (unpaired) electrons. The van der Waals surface area contributed by atoms with E-state index in [1.54, 1.807) is 11.1 Å². The number of rotatable bonds is 1. The Labute approximate surface area is 126 Å². The number of hydrogen-bond donors (Lipinski definition) is 1. The topological polar surface area (TPSA) is 15.3 Å². The van der Waals surface area contributed by atoms with Gasteiger partial charge >= 0.3 is 0 Å². The third-order valence-corrected chi connectivity index (χ3v) is 4.87. The van der Waals surface area contributed by atoms with E-state index >= 15 is 0 Å². The molecule has 1 atom stereocenters. The van der Waals surface area contributed by atoms with Crippen molar-refractivity contribution >= 4 is 5.69 Å². The van der Waals surface area contributed by atoms with Crippen LogP contribution in [0.4, 0.5) is 5.69 Å². The molecule has 0 spiro atoms. The van der Waals surface area contributed by atoms with Crippen LogP contribution in [-0.2, 0) is 13.0 Å². The molecule has 2 heteroatoms. The standard InChI is InChI=1S/C19H22N2/c1-14-6-7-15-8-9-19(17(15)12-14)21-11-10-20-13-16-4-2-3-5-18(16)21/h2-7,12,19-20H,8-11,13H2,1H3. The van der Waals surface area contributed by atoms with Crippen molar-refractivity contribution in [1.29, 1.82) is 0 Å². The van der Waals surface area contributed by atoms with Crippen LogP contribution in [0.3, 0.4) is 0 Å². The van der Waals surface area contributed by atoms with E-state index in [0.717, 1.165) is 19.6 Å². The predicted octanol–water partition coefficient (Wildman–Crippen LogP) is 3.59. The van der Waals surface area contributed by atoms with Crippen LogP contribution in [0, 0.1) is 6.92 Å². The van der Waals surface area contributed by atoms with E-state index in [1.807, 2.05) is 0 Å². The Morgan fingerprint density at radius 1 is 1.10 bits per heavy atom. The number of nitrogens with one attached hydrogen (secondary N) is 1. The lowest BCUT2D eigenvalue weighted by Crippen LogP contribution is -2.31. The number of anilines is 1. The smallest absolute Gasteiger partial charge is 0.0549 e. The Kier molecular flexibility index (Phi) is 3.19. The number of para-hydroxylation sites is 1. The van der Waals surface area contributed by atoms with Gasteiger partial charge in [-0.3, -0.25) is 0 Å². The van der Waals surface area contributed by atoms with E-state index in [-0.39, 0.29) is 0 Å². The minimum absolute atomic E-state index is 0.543. The molecule has 21 heavy (non-hydrogen) atoms. The zero-order valence-electron chi connectivity index (χ0n) is 12.6. The zero-order chi connectivity index (χ0) is 14.2. The van der Waals surface area contributed by atoms with Crippen molar-refractivity contribution in [3.63, 3.8) is 0 Å². The summed E-state index contributed by atoms with van der Waals surface area (Å²) >= 11 is 0. The van der Waals surface area contributed by atoms with Gasteiger partial charge in [0.05, 0.1) is 6.04 Å². The van der Waals surface area contributed by atoms with Crippen molar-refractivity contribution in [3.05, 3.63) is 64.7 Å². The summed E-state index contributed by atoms with van der Waals surface area (Å²) in [5, 5.41) is 3.55. The highest BCUT2D eigenvalue weighted by molar-refractivity contribution is 5.57. The van der Waals surface area contributed by atoms with Gasteiger partial charge < -0.3 is 10.2 Å². The van der Waals surface area contributed by atoms with E-state index < -0.39 is 0 Å². The SMILES string of the molecule is Cc1ccc2c(c1)C(N1CCNCc3ccccc31)CC2. The summed E-state index contributed by atoms with van der Waals surface area (Å²) in [5.41, 5.74) is 7.31. The number of benzene rings is 2. The van der Waals surface area contributed by atoms with E-state index in [4.69, 9.17) is 0 Å². The summed E-state index contributed by atoms with van der Waals surface area (Å²) in [4.78, 5) is 2.63. The van der Waals surface area contributed by atoms with Crippen LogP contribution in [0.5, 0.6) is 0 Å². The highest BCUT2D eigenvalue weighted by Gasteiger charge is 2.29. The lowest BCUT2D eigenvalue weighted by atomic mass is 10.0. The fraction of sp³-hybridized carbons (Fsp3) is 0.368. The first-order valence-corrected chi connectivity index (χ1v) is 7.97.